The predicted octanol–water partition coefficient (Wildman–Crippen LogP) is 6.03. The maximum absolute atomic E-state index is 13.0. The van der Waals surface area contributed by atoms with E-state index in [2.05, 4.69) is 0 Å². The molecule has 114 valence electrons. The highest BCUT2D eigenvalue weighted by Crippen LogP contribution is 2.36. The zero-order chi connectivity index (χ0) is 16.1. The van der Waals surface area contributed by atoms with Crippen molar-refractivity contribution in [1.82, 2.24) is 0 Å². The van der Waals surface area contributed by atoms with Gasteiger partial charge >= 0.3 is 0 Å². The van der Waals surface area contributed by atoms with E-state index >= 15 is 0 Å². The summed E-state index contributed by atoms with van der Waals surface area (Å²) < 4.78 is 6.08. The number of para-hydroxylation sites is 1. The third kappa shape index (κ3) is 1.85. The molecule has 0 fully saturated rings. The largest absolute Gasteiger partial charge is 0.455 e. The van der Waals surface area contributed by atoms with Crippen molar-refractivity contribution in [2.75, 3.05) is 0 Å². The van der Waals surface area contributed by atoms with Crippen LogP contribution in [0, 0.1) is 0 Å². The predicted molar refractivity (Wildman–Crippen MR) is 99.0 cm³/mol. The number of rotatable bonds is 2. The summed E-state index contributed by atoms with van der Waals surface area (Å²) in [5.74, 6) is 0.0552. The van der Waals surface area contributed by atoms with E-state index in [1.807, 2.05) is 71.4 Å². The summed E-state index contributed by atoms with van der Waals surface area (Å²) in [6.45, 7) is 0. The highest BCUT2D eigenvalue weighted by Gasteiger charge is 2.18. The number of carbonyl (C=O) groups excluding carboxylic acids is 1. The van der Waals surface area contributed by atoms with E-state index in [0.717, 1.165) is 43.8 Å². The van der Waals surface area contributed by atoms with Gasteiger partial charge in [-0.25, -0.2) is 0 Å². The van der Waals surface area contributed by atoms with Crippen LogP contribution in [-0.4, -0.2) is 5.78 Å². The summed E-state index contributed by atoms with van der Waals surface area (Å²) >= 11 is 1.54. The first-order valence-corrected chi connectivity index (χ1v) is 8.67. The average molecular weight is 328 g/mol. The number of hydrogen-bond acceptors (Lipinski definition) is 3. The number of benzene rings is 3. The van der Waals surface area contributed by atoms with Crippen LogP contribution in [0.2, 0.25) is 0 Å². The maximum atomic E-state index is 13.0. The zero-order valence-corrected chi connectivity index (χ0v) is 13.5. The molecule has 0 aliphatic carbocycles. The van der Waals surface area contributed by atoms with Crippen LogP contribution in [0.1, 0.15) is 15.9 Å². The Kier molecular flexibility index (Phi) is 2.84. The van der Waals surface area contributed by atoms with Gasteiger partial charge in [0.25, 0.3) is 0 Å². The van der Waals surface area contributed by atoms with Crippen molar-refractivity contribution in [3.63, 3.8) is 0 Å². The highest BCUT2D eigenvalue weighted by atomic mass is 32.1. The first-order valence-electron chi connectivity index (χ1n) is 7.73. The van der Waals surface area contributed by atoms with Crippen LogP contribution in [0.15, 0.2) is 75.8 Å². The van der Waals surface area contributed by atoms with Gasteiger partial charge in [0.15, 0.2) is 5.78 Å². The standard InChI is InChI=1S/C21H12O2S/c22-20(13-9-10-24-12-13)17-11-18-15-6-3-4-8-19(15)23-21(18)16-7-2-1-5-14(16)17/h1-12H. The maximum Gasteiger partial charge on any atom is 0.194 e. The fraction of sp³-hybridized carbons (Fsp3) is 0. The first kappa shape index (κ1) is 13.5. The molecule has 5 aromatic rings. The molecule has 0 aliphatic rings. The molecule has 0 atom stereocenters. The van der Waals surface area contributed by atoms with Crippen LogP contribution in [0.3, 0.4) is 0 Å². The molecule has 0 saturated carbocycles. The molecule has 0 aliphatic heterocycles. The van der Waals surface area contributed by atoms with E-state index in [4.69, 9.17) is 4.42 Å². The first-order chi connectivity index (χ1) is 11.8. The molecule has 0 saturated heterocycles. The summed E-state index contributed by atoms with van der Waals surface area (Å²) in [6, 6.07) is 19.8. The summed E-state index contributed by atoms with van der Waals surface area (Å²) in [5.41, 5.74) is 3.15. The summed E-state index contributed by atoms with van der Waals surface area (Å²) in [6.07, 6.45) is 0. The number of thiophene rings is 1. The quantitative estimate of drug-likeness (QED) is 0.370. The molecule has 3 heteroatoms. The molecule has 0 amide bonds. The van der Waals surface area contributed by atoms with E-state index in [1.165, 1.54) is 11.3 Å². The molecule has 2 nitrogen and oxygen atoms in total. The average Bonchev–Trinajstić information content (AvgIpc) is 3.28. The van der Waals surface area contributed by atoms with E-state index in [0.29, 0.717) is 0 Å². The van der Waals surface area contributed by atoms with Gasteiger partial charge in [0.05, 0.1) is 0 Å². The Morgan fingerprint density at radius 2 is 1.58 bits per heavy atom. The van der Waals surface area contributed by atoms with E-state index < -0.39 is 0 Å². The third-order valence-electron chi connectivity index (χ3n) is 4.41. The second-order valence-electron chi connectivity index (χ2n) is 5.79. The van der Waals surface area contributed by atoms with Gasteiger partial charge in [-0.1, -0.05) is 42.5 Å². The van der Waals surface area contributed by atoms with Gasteiger partial charge < -0.3 is 4.42 Å². The molecule has 5 rings (SSSR count). The molecular formula is C21H12O2S. The molecule has 24 heavy (non-hydrogen) atoms. The number of furan rings is 1. The lowest BCUT2D eigenvalue weighted by Gasteiger charge is -2.06. The van der Waals surface area contributed by atoms with Crippen LogP contribution in [-0.2, 0) is 0 Å². The van der Waals surface area contributed by atoms with Crippen LogP contribution >= 0.6 is 11.3 Å². The third-order valence-corrected chi connectivity index (χ3v) is 5.10. The Hall–Kier alpha value is -2.91. The number of ketones is 1. The van der Waals surface area contributed by atoms with Crippen LogP contribution in [0.25, 0.3) is 32.7 Å². The Bertz CT molecular complexity index is 1210. The van der Waals surface area contributed by atoms with Gasteiger partial charge in [0.1, 0.15) is 11.2 Å². The Morgan fingerprint density at radius 3 is 2.38 bits per heavy atom. The normalized spacial score (nSPS) is 11.5. The van der Waals surface area contributed by atoms with Crippen LogP contribution in [0.5, 0.6) is 0 Å². The van der Waals surface area contributed by atoms with Gasteiger partial charge in [-0.15, -0.1) is 0 Å². The lowest BCUT2D eigenvalue weighted by Crippen LogP contribution is -2.00. The Labute approximate surface area is 141 Å². The summed E-state index contributed by atoms with van der Waals surface area (Å²) in [5, 5.41) is 7.77. The minimum atomic E-state index is 0.0552. The monoisotopic (exact) mass is 328 g/mol. The molecule has 0 N–H and O–H groups in total. The van der Waals surface area contributed by atoms with Gasteiger partial charge in [-0.2, -0.15) is 11.3 Å². The van der Waals surface area contributed by atoms with E-state index in [-0.39, 0.29) is 5.78 Å². The Balaban J connectivity index is 1.95. The van der Waals surface area contributed by atoms with E-state index in [1.54, 1.807) is 0 Å². The summed E-state index contributed by atoms with van der Waals surface area (Å²) in [7, 11) is 0. The molecule has 0 unspecified atom stereocenters. The molecule has 3 aromatic carbocycles. The minimum absolute atomic E-state index is 0.0552. The number of hydrogen-bond donors (Lipinski definition) is 0. The molecule has 0 radical (unpaired) electrons. The topological polar surface area (TPSA) is 30.2 Å². The molecule has 2 heterocycles. The number of fused-ring (bicyclic) bond motifs is 5. The van der Waals surface area contributed by atoms with Crippen molar-refractivity contribution in [3.05, 3.63) is 82.6 Å². The van der Waals surface area contributed by atoms with Gasteiger partial charge in [0.2, 0.25) is 0 Å². The van der Waals surface area contributed by atoms with Crippen molar-refractivity contribution < 1.29 is 9.21 Å². The molecule has 0 spiro atoms. The van der Waals surface area contributed by atoms with Crippen molar-refractivity contribution in [2.45, 2.75) is 0 Å². The van der Waals surface area contributed by atoms with Gasteiger partial charge in [-0.05, 0) is 29.0 Å². The van der Waals surface area contributed by atoms with Crippen LogP contribution < -0.4 is 0 Å². The molecular weight excluding hydrogens is 316 g/mol. The van der Waals surface area contributed by atoms with Crippen LogP contribution in [0.4, 0.5) is 0 Å². The molecule has 2 aromatic heterocycles. The fourth-order valence-corrected chi connectivity index (χ4v) is 3.92. The highest BCUT2D eigenvalue weighted by molar-refractivity contribution is 7.08. The zero-order valence-electron chi connectivity index (χ0n) is 12.7. The smallest absolute Gasteiger partial charge is 0.194 e. The molecule has 0 bridgehead atoms. The van der Waals surface area contributed by atoms with Gasteiger partial charge in [0, 0.05) is 32.7 Å². The number of carbonyl (C=O) groups is 1. The SMILES string of the molecule is O=C(c1ccsc1)c1cc2c3ccccc3oc2c2ccccc12. The van der Waals surface area contributed by atoms with Crippen molar-refractivity contribution in [2.24, 2.45) is 0 Å². The van der Waals surface area contributed by atoms with E-state index in [9.17, 15) is 4.79 Å². The van der Waals surface area contributed by atoms with Crippen molar-refractivity contribution >= 4 is 49.8 Å². The fourth-order valence-electron chi connectivity index (χ4n) is 3.28. The lowest BCUT2D eigenvalue weighted by atomic mass is 9.96. The van der Waals surface area contributed by atoms with Crippen molar-refractivity contribution in [3.8, 4) is 0 Å². The summed E-state index contributed by atoms with van der Waals surface area (Å²) in [4.78, 5) is 13.0. The Morgan fingerprint density at radius 1 is 0.833 bits per heavy atom. The second-order valence-corrected chi connectivity index (χ2v) is 6.57. The minimum Gasteiger partial charge on any atom is -0.455 e. The second kappa shape index (κ2) is 5.05. The van der Waals surface area contributed by atoms with Gasteiger partial charge in [-0.3, -0.25) is 4.79 Å². The van der Waals surface area contributed by atoms with Crippen molar-refractivity contribution in [1.29, 1.82) is 0 Å². The lowest BCUT2D eigenvalue weighted by molar-refractivity contribution is 0.104.